The highest BCUT2D eigenvalue weighted by Gasteiger charge is 2.30. The van der Waals surface area contributed by atoms with Gasteiger partial charge in [-0.2, -0.15) is 0 Å². The summed E-state index contributed by atoms with van der Waals surface area (Å²) in [5, 5.41) is 0. The predicted molar refractivity (Wildman–Crippen MR) is 77.0 cm³/mol. The van der Waals surface area contributed by atoms with Crippen LogP contribution in [0.5, 0.6) is 0 Å². The number of hydrogen-bond acceptors (Lipinski definition) is 0. The van der Waals surface area contributed by atoms with E-state index in [2.05, 4.69) is 34.6 Å². The summed E-state index contributed by atoms with van der Waals surface area (Å²) in [6.45, 7) is 17.3. The minimum absolute atomic E-state index is 0.902. The van der Waals surface area contributed by atoms with E-state index in [1.165, 1.54) is 56.3 Å². The first-order valence-electron chi connectivity index (χ1n) is 7.92. The number of rotatable bonds is 6. The molecule has 102 valence electrons. The molecular formula is C16H34N+. The molecule has 1 nitrogen and oxygen atoms in total. The molecule has 1 aliphatic rings. The predicted octanol–water partition coefficient (Wildman–Crippen LogP) is 4.33. The highest BCUT2D eigenvalue weighted by molar-refractivity contribution is 4.74. The van der Waals surface area contributed by atoms with Gasteiger partial charge in [-0.25, -0.2) is 0 Å². The van der Waals surface area contributed by atoms with Crippen LogP contribution < -0.4 is 0 Å². The monoisotopic (exact) mass is 240 g/mol. The van der Waals surface area contributed by atoms with Crippen LogP contribution in [0.4, 0.5) is 0 Å². The lowest BCUT2D eigenvalue weighted by Crippen LogP contribution is -2.50. The molecule has 17 heavy (non-hydrogen) atoms. The molecule has 1 saturated carbocycles. The van der Waals surface area contributed by atoms with Gasteiger partial charge in [0.1, 0.15) is 0 Å². The van der Waals surface area contributed by atoms with Crippen LogP contribution >= 0.6 is 0 Å². The molecule has 0 spiro atoms. The molecule has 0 aliphatic heterocycles. The highest BCUT2D eigenvalue weighted by atomic mass is 15.3. The summed E-state index contributed by atoms with van der Waals surface area (Å²) in [5.41, 5.74) is 0. The molecule has 0 N–H and O–H groups in total. The quantitative estimate of drug-likeness (QED) is 0.606. The van der Waals surface area contributed by atoms with Gasteiger partial charge < -0.3 is 4.48 Å². The van der Waals surface area contributed by atoms with Gasteiger partial charge in [-0.15, -0.1) is 0 Å². The van der Waals surface area contributed by atoms with Crippen LogP contribution in [0.3, 0.4) is 0 Å². The van der Waals surface area contributed by atoms with Crippen molar-refractivity contribution in [3.63, 3.8) is 0 Å². The molecule has 1 rings (SSSR count). The van der Waals surface area contributed by atoms with Crippen molar-refractivity contribution in [3.05, 3.63) is 0 Å². The third-order valence-corrected chi connectivity index (χ3v) is 5.49. The molecule has 0 aromatic carbocycles. The lowest BCUT2D eigenvalue weighted by atomic mass is 9.76. The molecule has 0 unspecified atom stereocenters. The van der Waals surface area contributed by atoms with Crippen LogP contribution in [0, 0.1) is 17.8 Å². The molecule has 1 aliphatic carbocycles. The third-order valence-electron chi connectivity index (χ3n) is 5.49. The van der Waals surface area contributed by atoms with Gasteiger partial charge in [-0.3, -0.25) is 0 Å². The Bertz CT molecular complexity index is 189. The van der Waals surface area contributed by atoms with Crippen LogP contribution in [-0.2, 0) is 0 Å². The minimum atomic E-state index is 0.902. The van der Waals surface area contributed by atoms with Crippen LogP contribution in [-0.4, -0.2) is 30.7 Å². The fourth-order valence-electron chi connectivity index (χ4n) is 3.64. The molecule has 0 heterocycles. The normalized spacial score (nSPS) is 26.5. The van der Waals surface area contributed by atoms with Gasteiger partial charge in [0.05, 0.1) is 26.2 Å². The molecule has 0 aromatic rings. The van der Waals surface area contributed by atoms with Crippen LogP contribution in [0.1, 0.15) is 60.3 Å². The van der Waals surface area contributed by atoms with E-state index < -0.39 is 0 Å². The third kappa shape index (κ3) is 3.98. The zero-order valence-electron chi connectivity index (χ0n) is 12.8. The molecule has 0 radical (unpaired) electrons. The Morgan fingerprint density at radius 3 is 1.71 bits per heavy atom. The second-order valence-electron chi connectivity index (χ2n) is 6.50. The Labute approximate surface area is 109 Å². The van der Waals surface area contributed by atoms with Gasteiger partial charge in [-0.05, 0) is 58.3 Å². The first-order chi connectivity index (χ1) is 8.06. The van der Waals surface area contributed by atoms with Crippen molar-refractivity contribution in [1.29, 1.82) is 0 Å². The maximum atomic E-state index is 2.40. The smallest absolute Gasteiger partial charge is 0.0814 e. The standard InChI is InChI=1S/C16H34N/c1-6-17(7-2,8-3)13-15-9-11-16(12-10-15)14(4)5/h14-16H,6-13H2,1-5H3/q+1. The van der Waals surface area contributed by atoms with E-state index in [0.717, 1.165) is 17.8 Å². The Morgan fingerprint density at radius 2 is 1.35 bits per heavy atom. The number of nitrogens with zero attached hydrogens (tertiary/aromatic N) is 1. The molecule has 0 saturated heterocycles. The summed E-state index contributed by atoms with van der Waals surface area (Å²) < 4.78 is 1.34. The average Bonchev–Trinajstić information content (AvgIpc) is 2.37. The van der Waals surface area contributed by atoms with Gasteiger partial charge in [0.25, 0.3) is 0 Å². The number of hydrogen-bond donors (Lipinski definition) is 0. The first-order valence-corrected chi connectivity index (χ1v) is 7.92. The van der Waals surface area contributed by atoms with Gasteiger partial charge in [0.2, 0.25) is 0 Å². The van der Waals surface area contributed by atoms with Crippen molar-refractivity contribution in [2.75, 3.05) is 26.2 Å². The Kier molecular flexibility index (Phi) is 5.99. The molecule has 1 heteroatoms. The number of quaternary nitrogens is 1. The van der Waals surface area contributed by atoms with E-state index in [1.54, 1.807) is 0 Å². The van der Waals surface area contributed by atoms with Crippen molar-refractivity contribution in [3.8, 4) is 0 Å². The second-order valence-corrected chi connectivity index (χ2v) is 6.50. The minimum Gasteiger partial charge on any atom is -0.324 e. The Balaban J connectivity index is 2.44. The maximum absolute atomic E-state index is 2.40. The molecule has 0 atom stereocenters. The Hall–Kier alpha value is -0.0400. The topological polar surface area (TPSA) is 0 Å². The van der Waals surface area contributed by atoms with Crippen molar-refractivity contribution in [2.45, 2.75) is 60.3 Å². The second kappa shape index (κ2) is 6.78. The zero-order chi connectivity index (χ0) is 12.9. The fraction of sp³-hybridized carbons (Fsp3) is 1.00. The largest absolute Gasteiger partial charge is 0.324 e. The van der Waals surface area contributed by atoms with Crippen LogP contribution in [0.2, 0.25) is 0 Å². The van der Waals surface area contributed by atoms with Crippen LogP contribution in [0.25, 0.3) is 0 Å². The van der Waals surface area contributed by atoms with Gasteiger partial charge in [0.15, 0.2) is 0 Å². The summed E-state index contributed by atoms with van der Waals surface area (Å²) in [5.74, 6) is 2.92. The fourth-order valence-corrected chi connectivity index (χ4v) is 3.64. The zero-order valence-corrected chi connectivity index (χ0v) is 12.8. The molecule has 0 amide bonds. The summed E-state index contributed by atoms with van der Waals surface area (Å²) in [6.07, 6.45) is 5.95. The summed E-state index contributed by atoms with van der Waals surface area (Å²) in [7, 11) is 0. The lowest BCUT2D eigenvalue weighted by Gasteiger charge is -2.41. The molecular weight excluding hydrogens is 206 g/mol. The average molecular weight is 240 g/mol. The SMILES string of the molecule is CC[N+](CC)(CC)CC1CCC(C(C)C)CC1. The van der Waals surface area contributed by atoms with Gasteiger partial charge in [-0.1, -0.05) is 13.8 Å². The lowest BCUT2D eigenvalue weighted by molar-refractivity contribution is -0.926. The van der Waals surface area contributed by atoms with E-state index in [1.807, 2.05) is 0 Å². The van der Waals surface area contributed by atoms with Gasteiger partial charge in [0, 0.05) is 5.92 Å². The molecule has 0 bridgehead atoms. The molecule has 0 aromatic heterocycles. The molecule has 1 fully saturated rings. The summed E-state index contributed by atoms with van der Waals surface area (Å²) in [4.78, 5) is 0. The van der Waals surface area contributed by atoms with Gasteiger partial charge >= 0.3 is 0 Å². The van der Waals surface area contributed by atoms with Crippen molar-refractivity contribution in [1.82, 2.24) is 0 Å². The highest BCUT2D eigenvalue weighted by Crippen LogP contribution is 2.34. The van der Waals surface area contributed by atoms with E-state index in [0.29, 0.717) is 0 Å². The maximum Gasteiger partial charge on any atom is 0.0814 e. The van der Waals surface area contributed by atoms with E-state index in [4.69, 9.17) is 0 Å². The van der Waals surface area contributed by atoms with E-state index >= 15 is 0 Å². The van der Waals surface area contributed by atoms with E-state index in [9.17, 15) is 0 Å². The summed E-state index contributed by atoms with van der Waals surface area (Å²) >= 11 is 0. The van der Waals surface area contributed by atoms with Crippen molar-refractivity contribution in [2.24, 2.45) is 17.8 Å². The summed E-state index contributed by atoms with van der Waals surface area (Å²) in [6, 6.07) is 0. The van der Waals surface area contributed by atoms with Crippen LogP contribution in [0.15, 0.2) is 0 Å². The van der Waals surface area contributed by atoms with Crippen molar-refractivity contribution >= 4 is 0 Å². The Morgan fingerprint density at radius 1 is 0.882 bits per heavy atom. The van der Waals surface area contributed by atoms with Crippen molar-refractivity contribution < 1.29 is 4.48 Å². The first kappa shape index (κ1) is 15.0. The van der Waals surface area contributed by atoms with E-state index in [-0.39, 0.29) is 0 Å².